The third-order valence-electron chi connectivity index (χ3n) is 5.32. The van der Waals surface area contributed by atoms with Crippen molar-refractivity contribution < 1.29 is 14.3 Å². The number of likely N-dealkylation sites (tertiary alicyclic amines) is 1. The van der Waals surface area contributed by atoms with Crippen LogP contribution in [0.5, 0.6) is 0 Å². The summed E-state index contributed by atoms with van der Waals surface area (Å²) in [6, 6.07) is 5.46. The van der Waals surface area contributed by atoms with Gasteiger partial charge in [0.25, 0.3) is 5.91 Å². The quantitative estimate of drug-likeness (QED) is 0.856. The highest BCUT2D eigenvalue weighted by Crippen LogP contribution is 2.41. The first kappa shape index (κ1) is 17.3. The molecule has 8 heteroatoms. The zero-order chi connectivity index (χ0) is 19.0. The smallest absolute Gasteiger partial charge is 0.271 e. The maximum Gasteiger partial charge on any atom is 0.271 e. The van der Waals surface area contributed by atoms with Gasteiger partial charge in [-0.05, 0) is 25.1 Å². The van der Waals surface area contributed by atoms with E-state index in [1.165, 1.54) is 0 Å². The summed E-state index contributed by atoms with van der Waals surface area (Å²) in [6.45, 7) is 2.88. The van der Waals surface area contributed by atoms with Crippen molar-refractivity contribution in [1.29, 1.82) is 0 Å². The number of aromatic amines is 1. The molecule has 8 nitrogen and oxygen atoms in total. The lowest BCUT2D eigenvalue weighted by molar-refractivity contribution is -0.114. The number of nitrogens with one attached hydrogen (secondary N) is 1. The van der Waals surface area contributed by atoms with Crippen LogP contribution in [0, 0.1) is 0 Å². The second-order valence-electron chi connectivity index (χ2n) is 7.06. The summed E-state index contributed by atoms with van der Waals surface area (Å²) in [4.78, 5) is 30.2. The molecule has 0 atom stereocenters. The zero-order valence-corrected chi connectivity index (χ0v) is 15.1. The summed E-state index contributed by atoms with van der Waals surface area (Å²) >= 11 is 0. The number of carbonyl (C=O) groups is 2. The molecule has 4 rings (SSSR count). The van der Waals surface area contributed by atoms with Crippen LogP contribution in [0.1, 0.15) is 36.7 Å². The Bertz CT molecular complexity index is 910. The van der Waals surface area contributed by atoms with E-state index in [1.807, 2.05) is 12.1 Å². The minimum absolute atomic E-state index is 0.0923. The molecule has 140 valence electrons. The highest BCUT2D eigenvalue weighted by Gasteiger charge is 2.44. The van der Waals surface area contributed by atoms with E-state index < -0.39 is 11.5 Å². The van der Waals surface area contributed by atoms with Crippen LogP contribution < -0.4 is 5.73 Å². The first-order valence-electron chi connectivity index (χ1n) is 8.91. The lowest BCUT2D eigenvalue weighted by Crippen LogP contribution is -2.47. The number of nitrogens with two attached hydrogens (primary N) is 1. The van der Waals surface area contributed by atoms with Gasteiger partial charge in [-0.25, -0.2) is 0 Å². The minimum atomic E-state index is -0.428. The Morgan fingerprint density at radius 1 is 1.33 bits per heavy atom. The molecule has 2 aliphatic heterocycles. The van der Waals surface area contributed by atoms with Gasteiger partial charge in [0.05, 0.1) is 11.3 Å². The molecule has 0 aromatic carbocycles. The Kier molecular flexibility index (Phi) is 4.18. The molecule has 0 radical (unpaired) electrons. The monoisotopic (exact) mass is 367 g/mol. The third-order valence-corrected chi connectivity index (χ3v) is 5.32. The molecule has 2 aliphatic rings. The van der Waals surface area contributed by atoms with E-state index in [0.717, 1.165) is 5.56 Å². The average molecular weight is 367 g/mol. The number of pyridine rings is 1. The standard InChI is InChI=1S/C19H21N5O3/c1-12-14(17(20)25)10-19(27-12)4-7-24(8-5-19)18(26)16-9-15(22-23-16)13-3-2-6-21-11-13/h2-3,6,9,11H,4-5,7-8,10H2,1H3,(H2,20,25)(H,22,23). The first-order chi connectivity index (χ1) is 13.0. The van der Waals surface area contributed by atoms with Crippen LogP contribution in [0.3, 0.4) is 0 Å². The number of amides is 2. The number of hydrogen-bond acceptors (Lipinski definition) is 5. The number of primary amides is 1. The largest absolute Gasteiger partial charge is 0.491 e. The van der Waals surface area contributed by atoms with Crippen LogP contribution in [0.2, 0.25) is 0 Å². The Morgan fingerprint density at radius 2 is 2.11 bits per heavy atom. The number of nitrogens with zero attached hydrogens (tertiary/aromatic N) is 3. The van der Waals surface area contributed by atoms with Crippen LogP contribution in [0.25, 0.3) is 11.3 Å². The van der Waals surface area contributed by atoms with Crippen molar-refractivity contribution in [3.05, 3.63) is 47.6 Å². The molecule has 2 aromatic rings. The van der Waals surface area contributed by atoms with E-state index in [-0.39, 0.29) is 5.91 Å². The van der Waals surface area contributed by atoms with Gasteiger partial charge in [-0.2, -0.15) is 5.10 Å². The van der Waals surface area contributed by atoms with Crippen molar-refractivity contribution in [2.45, 2.75) is 31.8 Å². The highest BCUT2D eigenvalue weighted by molar-refractivity contribution is 5.94. The van der Waals surface area contributed by atoms with E-state index >= 15 is 0 Å². The SMILES string of the molecule is CC1=C(C(N)=O)CC2(CCN(C(=O)c3cc(-c4cccnc4)n[nH]3)CC2)O1. The molecule has 2 amide bonds. The molecule has 4 heterocycles. The van der Waals surface area contributed by atoms with Crippen LogP contribution in [-0.4, -0.2) is 50.6 Å². The van der Waals surface area contributed by atoms with Crippen molar-refractivity contribution in [2.24, 2.45) is 5.73 Å². The van der Waals surface area contributed by atoms with Crippen LogP contribution >= 0.6 is 0 Å². The van der Waals surface area contributed by atoms with Gasteiger partial charge in [0.1, 0.15) is 17.1 Å². The topological polar surface area (TPSA) is 114 Å². The number of rotatable bonds is 3. The fourth-order valence-corrected chi connectivity index (χ4v) is 3.79. The van der Waals surface area contributed by atoms with Gasteiger partial charge in [-0.1, -0.05) is 0 Å². The number of allylic oxidation sites excluding steroid dienone is 1. The molecule has 27 heavy (non-hydrogen) atoms. The first-order valence-corrected chi connectivity index (χ1v) is 8.91. The van der Waals surface area contributed by atoms with E-state index in [9.17, 15) is 9.59 Å². The van der Waals surface area contributed by atoms with Crippen molar-refractivity contribution in [3.63, 3.8) is 0 Å². The Hall–Kier alpha value is -3.16. The van der Waals surface area contributed by atoms with Crippen LogP contribution in [0.4, 0.5) is 0 Å². The molecule has 0 bridgehead atoms. The molecule has 0 saturated carbocycles. The number of piperidine rings is 1. The summed E-state index contributed by atoms with van der Waals surface area (Å²) < 4.78 is 5.97. The molecular formula is C19H21N5O3. The molecule has 3 N–H and O–H groups in total. The van der Waals surface area contributed by atoms with Crippen molar-refractivity contribution >= 4 is 11.8 Å². The lowest BCUT2D eigenvalue weighted by atomic mass is 9.86. The van der Waals surface area contributed by atoms with Gasteiger partial charge >= 0.3 is 0 Å². The van der Waals surface area contributed by atoms with Gasteiger partial charge in [-0.15, -0.1) is 0 Å². The number of H-pyrrole nitrogens is 1. The van der Waals surface area contributed by atoms with E-state index in [4.69, 9.17) is 10.5 Å². The maximum absolute atomic E-state index is 12.8. The zero-order valence-electron chi connectivity index (χ0n) is 15.1. The van der Waals surface area contributed by atoms with E-state index in [0.29, 0.717) is 55.1 Å². The second-order valence-corrected chi connectivity index (χ2v) is 7.06. The maximum atomic E-state index is 12.8. The van der Waals surface area contributed by atoms with Gasteiger partial charge in [-0.3, -0.25) is 19.7 Å². The lowest BCUT2D eigenvalue weighted by Gasteiger charge is -2.39. The molecule has 0 aliphatic carbocycles. The summed E-state index contributed by atoms with van der Waals surface area (Å²) in [5.74, 6) is 0.0884. The number of aromatic nitrogens is 3. The van der Waals surface area contributed by atoms with Gasteiger partial charge in [0, 0.05) is 50.3 Å². The molecule has 0 unspecified atom stereocenters. The number of ether oxygens (including phenoxy) is 1. The van der Waals surface area contributed by atoms with Gasteiger partial charge in [0.15, 0.2) is 0 Å². The number of carbonyl (C=O) groups excluding carboxylic acids is 2. The molecule has 1 fully saturated rings. The predicted molar refractivity (Wildman–Crippen MR) is 97.3 cm³/mol. The Labute approximate surface area is 156 Å². The van der Waals surface area contributed by atoms with Crippen molar-refractivity contribution in [1.82, 2.24) is 20.1 Å². The van der Waals surface area contributed by atoms with Gasteiger partial charge in [0.2, 0.25) is 5.91 Å². The van der Waals surface area contributed by atoms with E-state index in [2.05, 4.69) is 15.2 Å². The Balaban J connectivity index is 1.41. The highest BCUT2D eigenvalue weighted by atomic mass is 16.5. The molecule has 2 aromatic heterocycles. The summed E-state index contributed by atoms with van der Waals surface area (Å²) in [6.07, 6.45) is 5.24. The average Bonchev–Trinajstić information content (AvgIpc) is 3.28. The minimum Gasteiger partial charge on any atom is -0.491 e. The summed E-state index contributed by atoms with van der Waals surface area (Å²) in [5.41, 5.74) is 7.55. The van der Waals surface area contributed by atoms with Crippen LogP contribution in [-0.2, 0) is 9.53 Å². The van der Waals surface area contributed by atoms with Crippen molar-refractivity contribution in [2.75, 3.05) is 13.1 Å². The molecule has 1 spiro atoms. The summed E-state index contributed by atoms with van der Waals surface area (Å²) in [7, 11) is 0. The predicted octanol–water partition coefficient (Wildman–Crippen LogP) is 1.63. The fourth-order valence-electron chi connectivity index (χ4n) is 3.79. The summed E-state index contributed by atoms with van der Waals surface area (Å²) in [5, 5.41) is 7.04. The number of hydrogen-bond donors (Lipinski definition) is 2. The van der Waals surface area contributed by atoms with Crippen LogP contribution in [0.15, 0.2) is 41.9 Å². The molecule has 1 saturated heterocycles. The fraction of sp³-hybridized carbons (Fsp3) is 0.368. The second kappa shape index (κ2) is 6.53. The van der Waals surface area contributed by atoms with E-state index in [1.54, 1.807) is 30.3 Å². The Morgan fingerprint density at radius 3 is 2.74 bits per heavy atom. The van der Waals surface area contributed by atoms with Crippen molar-refractivity contribution in [3.8, 4) is 11.3 Å². The third kappa shape index (κ3) is 3.18. The molecular weight excluding hydrogens is 346 g/mol. The van der Waals surface area contributed by atoms with Gasteiger partial charge < -0.3 is 15.4 Å². The normalized spacial score (nSPS) is 18.6.